The zero-order valence-electron chi connectivity index (χ0n) is 11.3. The first-order chi connectivity index (χ1) is 9.15. The van der Waals surface area contributed by atoms with Crippen molar-refractivity contribution in [3.63, 3.8) is 0 Å². The van der Waals surface area contributed by atoms with E-state index in [1.165, 1.54) is 0 Å². The first kappa shape index (κ1) is 13.4. The third kappa shape index (κ3) is 2.87. The number of para-hydroxylation sites is 1. The first-order valence-corrected chi connectivity index (χ1v) is 6.58. The standard InChI is InChI=1S/C15H18N2O2/c1-3-17(10-11(2)9-16)15(18)14-8-12-6-4-5-7-13(12)19-14/h4-7,11,14H,3,8,10H2,1-2H3. The number of likely N-dealkylation sites (N-methyl/N-ethyl adjacent to an activating group) is 1. The van der Waals surface area contributed by atoms with Gasteiger partial charge in [-0.15, -0.1) is 0 Å². The molecule has 1 heterocycles. The van der Waals surface area contributed by atoms with Crippen molar-refractivity contribution in [2.45, 2.75) is 26.4 Å². The van der Waals surface area contributed by atoms with Gasteiger partial charge in [-0.25, -0.2) is 0 Å². The summed E-state index contributed by atoms with van der Waals surface area (Å²) in [7, 11) is 0. The Hall–Kier alpha value is -2.02. The van der Waals surface area contributed by atoms with E-state index in [0.29, 0.717) is 19.5 Å². The minimum absolute atomic E-state index is 0.0270. The van der Waals surface area contributed by atoms with Gasteiger partial charge in [-0.3, -0.25) is 4.79 Å². The van der Waals surface area contributed by atoms with Crippen molar-refractivity contribution in [1.29, 1.82) is 5.26 Å². The number of carbonyl (C=O) groups excluding carboxylic acids is 1. The van der Waals surface area contributed by atoms with Gasteiger partial charge in [0, 0.05) is 19.5 Å². The fraction of sp³-hybridized carbons (Fsp3) is 0.467. The van der Waals surface area contributed by atoms with Gasteiger partial charge in [0.15, 0.2) is 6.10 Å². The van der Waals surface area contributed by atoms with E-state index in [-0.39, 0.29) is 11.8 Å². The van der Waals surface area contributed by atoms with Gasteiger partial charge in [-0.2, -0.15) is 5.26 Å². The Morgan fingerprint density at radius 1 is 1.58 bits per heavy atom. The molecular weight excluding hydrogens is 240 g/mol. The van der Waals surface area contributed by atoms with E-state index >= 15 is 0 Å². The highest BCUT2D eigenvalue weighted by molar-refractivity contribution is 5.82. The molecule has 2 rings (SSSR count). The molecule has 4 nitrogen and oxygen atoms in total. The smallest absolute Gasteiger partial charge is 0.264 e. The van der Waals surface area contributed by atoms with E-state index in [0.717, 1.165) is 11.3 Å². The van der Waals surface area contributed by atoms with Crippen molar-refractivity contribution in [3.8, 4) is 11.8 Å². The lowest BCUT2D eigenvalue weighted by Crippen LogP contribution is -2.43. The van der Waals surface area contributed by atoms with E-state index in [2.05, 4.69) is 6.07 Å². The van der Waals surface area contributed by atoms with Crippen LogP contribution < -0.4 is 4.74 Å². The molecule has 0 spiro atoms. The van der Waals surface area contributed by atoms with Gasteiger partial charge in [0.05, 0.1) is 12.0 Å². The summed E-state index contributed by atoms with van der Waals surface area (Å²) in [5.41, 5.74) is 1.07. The highest BCUT2D eigenvalue weighted by Gasteiger charge is 2.32. The van der Waals surface area contributed by atoms with Crippen molar-refractivity contribution in [1.82, 2.24) is 4.90 Å². The number of rotatable bonds is 4. The fourth-order valence-electron chi connectivity index (χ4n) is 2.27. The number of fused-ring (bicyclic) bond motifs is 1. The second kappa shape index (κ2) is 5.75. The number of carbonyl (C=O) groups is 1. The number of ether oxygens (including phenoxy) is 1. The molecule has 0 fully saturated rings. The highest BCUT2D eigenvalue weighted by atomic mass is 16.5. The maximum atomic E-state index is 12.4. The summed E-state index contributed by atoms with van der Waals surface area (Å²) in [5.74, 6) is 0.610. The van der Waals surface area contributed by atoms with E-state index in [9.17, 15) is 4.79 Å². The van der Waals surface area contributed by atoms with Gasteiger partial charge in [-0.1, -0.05) is 18.2 Å². The quantitative estimate of drug-likeness (QED) is 0.830. The predicted octanol–water partition coefficient (Wildman–Crippen LogP) is 2.00. The molecule has 1 aliphatic rings. The van der Waals surface area contributed by atoms with Crippen molar-refractivity contribution >= 4 is 5.91 Å². The molecule has 0 bridgehead atoms. The summed E-state index contributed by atoms with van der Waals surface area (Å²) in [6.45, 7) is 4.80. The van der Waals surface area contributed by atoms with Gasteiger partial charge < -0.3 is 9.64 Å². The second-order valence-corrected chi connectivity index (χ2v) is 4.83. The van der Waals surface area contributed by atoms with Gasteiger partial charge in [0.25, 0.3) is 5.91 Å². The van der Waals surface area contributed by atoms with Gasteiger partial charge in [0.1, 0.15) is 5.75 Å². The first-order valence-electron chi connectivity index (χ1n) is 6.58. The van der Waals surface area contributed by atoms with Crippen molar-refractivity contribution in [2.75, 3.05) is 13.1 Å². The molecule has 1 aliphatic heterocycles. The van der Waals surface area contributed by atoms with Gasteiger partial charge >= 0.3 is 0 Å². The van der Waals surface area contributed by atoms with Crippen molar-refractivity contribution in [3.05, 3.63) is 29.8 Å². The van der Waals surface area contributed by atoms with Crippen molar-refractivity contribution in [2.24, 2.45) is 5.92 Å². The average molecular weight is 258 g/mol. The number of amides is 1. The predicted molar refractivity (Wildman–Crippen MR) is 71.6 cm³/mol. The Balaban J connectivity index is 2.03. The Kier molecular flexibility index (Phi) is 4.06. The third-order valence-electron chi connectivity index (χ3n) is 3.33. The Morgan fingerprint density at radius 3 is 2.95 bits per heavy atom. The van der Waals surface area contributed by atoms with E-state index in [1.54, 1.807) is 4.90 Å². The minimum Gasteiger partial charge on any atom is -0.480 e. The molecule has 4 heteroatoms. The van der Waals surface area contributed by atoms with Crippen LogP contribution in [0, 0.1) is 17.2 Å². The zero-order valence-corrected chi connectivity index (χ0v) is 11.3. The molecule has 0 aromatic heterocycles. The molecule has 0 aliphatic carbocycles. The van der Waals surface area contributed by atoms with E-state index in [1.807, 2.05) is 38.1 Å². The molecule has 2 atom stereocenters. The largest absolute Gasteiger partial charge is 0.480 e. The van der Waals surface area contributed by atoms with Crippen LogP contribution in [0.5, 0.6) is 5.75 Å². The average Bonchev–Trinajstić information content (AvgIpc) is 2.87. The van der Waals surface area contributed by atoms with Crippen LogP contribution in [0.3, 0.4) is 0 Å². The summed E-state index contributed by atoms with van der Waals surface area (Å²) in [6.07, 6.45) is 0.176. The van der Waals surface area contributed by atoms with Crippen LogP contribution in [0.15, 0.2) is 24.3 Å². The van der Waals surface area contributed by atoms with Crippen LogP contribution in [0.4, 0.5) is 0 Å². The molecule has 1 amide bonds. The highest BCUT2D eigenvalue weighted by Crippen LogP contribution is 2.29. The summed E-state index contributed by atoms with van der Waals surface area (Å²) >= 11 is 0. The molecule has 2 unspecified atom stereocenters. The number of hydrogen-bond donors (Lipinski definition) is 0. The lowest BCUT2D eigenvalue weighted by molar-refractivity contribution is -0.138. The normalized spacial score (nSPS) is 18.1. The number of hydrogen-bond acceptors (Lipinski definition) is 3. The lowest BCUT2D eigenvalue weighted by atomic mass is 10.1. The Morgan fingerprint density at radius 2 is 2.32 bits per heavy atom. The molecule has 1 aromatic rings. The Bertz CT molecular complexity index is 482. The van der Waals surface area contributed by atoms with Crippen LogP contribution in [-0.2, 0) is 11.2 Å². The third-order valence-corrected chi connectivity index (χ3v) is 3.33. The Labute approximate surface area is 113 Å². The zero-order chi connectivity index (χ0) is 13.8. The van der Waals surface area contributed by atoms with Crippen LogP contribution in [0.25, 0.3) is 0 Å². The molecule has 0 radical (unpaired) electrons. The molecular formula is C15H18N2O2. The maximum absolute atomic E-state index is 12.4. The van der Waals surface area contributed by atoms with Crippen LogP contribution in [0.1, 0.15) is 19.4 Å². The van der Waals surface area contributed by atoms with E-state index in [4.69, 9.17) is 10.00 Å². The molecule has 0 saturated heterocycles. The molecule has 0 N–H and O–H groups in total. The lowest BCUT2D eigenvalue weighted by Gasteiger charge is -2.24. The molecule has 100 valence electrons. The van der Waals surface area contributed by atoms with Crippen molar-refractivity contribution < 1.29 is 9.53 Å². The number of nitriles is 1. The minimum atomic E-state index is -0.441. The molecule has 0 saturated carbocycles. The van der Waals surface area contributed by atoms with Crippen LogP contribution in [-0.4, -0.2) is 30.0 Å². The summed E-state index contributed by atoms with van der Waals surface area (Å²) in [6, 6.07) is 9.88. The monoisotopic (exact) mass is 258 g/mol. The topological polar surface area (TPSA) is 53.3 Å². The maximum Gasteiger partial charge on any atom is 0.264 e. The fourth-order valence-corrected chi connectivity index (χ4v) is 2.27. The number of nitrogens with zero attached hydrogens (tertiary/aromatic N) is 2. The summed E-state index contributed by atoms with van der Waals surface area (Å²) in [5, 5.41) is 8.85. The summed E-state index contributed by atoms with van der Waals surface area (Å²) in [4.78, 5) is 14.1. The SMILES string of the molecule is CCN(CC(C)C#N)C(=O)C1Cc2ccccc2O1. The molecule has 19 heavy (non-hydrogen) atoms. The van der Waals surface area contributed by atoms with E-state index < -0.39 is 6.10 Å². The van der Waals surface area contributed by atoms with Crippen LogP contribution in [0.2, 0.25) is 0 Å². The van der Waals surface area contributed by atoms with Gasteiger partial charge in [0.2, 0.25) is 0 Å². The second-order valence-electron chi connectivity index (χ2n) is 4.83. The molecule has 1 aromatic carbocycles. The number of benzene rings is 1. The van der Waals surface area contributed by atoms with Gasteiger partial charge in [-0.05, 0) is 25.5 Å². The van der Waals surface area contributed by atoms with Crippen LogP contribution >= 0.6 is 0 Å². The summed E-state index contributed by atoms with van der Waals surface area (Å²) < 4.78 is 5.69.